The van der Waals surface area contributed by atoms with E-state index in [4.69, 9.17) is 9.47 Å². The lowest BCUT2D eigenvalue weighted by Crippen LogP contribution is -2.08. The highest BCUT2D eigenvalue weighted by molar-refractivity contribution is 5.59. The second-order valence-corrected chi connectivity index (χ2v) is 4.50. The van der Waals surface area contributed by atoms with Crippen LogP contribution in [0, 0.1) is 0 Å². The number of hydrogen-bond donors (Lipinski definition) is 0. The van der Waals surface area contributed by atoms with E-state index < -0.39 is 6.16 Å². The highest BCUT2D eigenvalue weighted by atomic mass is 16.7. The van der Waals surface area contributed by atoms with Crippen LogP contribution in [0.5, 0.6) is 0 Å². The van der Waals surface area contributed by atoms with Gasteiger partial charge in [-0.05, 0) is 25.7 Å². The maximum atomic E-state index is 11.0. The monoisotopic (exact) mass is 256 g/mol. The fourth-order valence-corrected chi connectivity index (χ4v) is 1.66. The van der Waals surface area contributed by atoms with Crippen molar-refractivity contribution in [3.63, 3.8) is 0 Å². The van der Waals surface area contributed by atoms with Crippen molar-refractivity contribution in [2.75, 3.05) is 13.2 Å². The van der Waals surface area contributed by atoms with Crippen LogP contribution >= 0.6 is 0 Å². The summed E-state index contributed by atoms with van der Waals surface area (Å²) in [4.78, 5) is 11.0. The first-order valence-electron chi connectivity index (χ1n) is 7.21. The van der Waals surface area contributed by atoms with Gasteiger partial charge in [0.1, 0.15) is 0 Å². The van der Waals surface area contributed by atoms with Crippen molar-refractivity contribution in [3.8, 4) is 0 Å². The van der Waals surface area contributed by atoms with Crippen LogP contribution in [0.3, 0.4) is 0 Å². The van der Waals surface area contributed by atoms with Gasteiger partial charge < -0.3 is 9.47 Å². The van der Waals surface area contributed by atoms with E-state index in [9.17, 15) is 4.79 Å². The summed E-state index contributed by atoms with van der Waals surface area (Å²) in [6, 6.07) is 0. The number of rotatable bonds is 12. The van der Waals surface area contributed by atoms with Crippen molar-refractivity contribution in [3.05, 3.63) is 12.7 Å². The number of hydrogen-bond acceptors (Lipinski definition) is 3. The summed E-state index contributed by atoms with van der Waals surface area (Å²) in [7, 11) is 0. The van der Waals surface area contributed by atoms with E-state index in [0.717, 1.165) is 25.7 Å². The maximum absolute atomic E-state index is 11.0. The fraction of sp³-hybridized carbons (Fsp3) is 0.800. The molecule has 0 saturated heterocycles. The minimum Gasteiger partial charge on any atom is -0.434 e. The summed E-state index contributed by atoms with van der Waals surface area (Å²) in [5, 5.41) is 0. The van der Waals surface area contributed by atoms with E-state index in [-0.39, 0.29) is 0 Å². The van der Waals surface area contributed by atoms with E-state index in [1.165, 1.54) is 32.1 Å². The molecular formula is C15H28O3. The molecule has 3 heteroatoms. The van der Waals surface area contributed by atoms with Gasteiger partial charge >= 0.3 is 6.16 Å². The van der Waals surface area contributed by atoms with Gasteiger partial charge in [0.25, 0.3) is 0 Å². The zero-order valence-corrected chi connectivity index (χ0v) is 11.8. The van der Waals surface area contributed by atoms with Crippen molar-refractivity contribution in [2.24, 2.45) is 0 Å². The minimum absolute atomic E-state index is 0.448. The Kier molecular flexibility index (Phi) is 13.3. The van der Waals surface area contributed by atoms with E-state index in [2.05, 4.69) is 6.58 Å². The Labute approximate surface area is 112 Å². The van der Waals surface area contributed by atoms with Gasteiger partial charge in [0.15, 0.2) is 0 Å². The summed E-state index contributed by atoms with van der Waals surface area (Å²) < 4.78 is 9.74. The number of ether oxygens (including phenoxy) is 2. The van der Waals surface area contributed by atoms with Crippen LogP contribution in [0.2, 0.25) is 0 Å². The normalized spacial score (nSPS) is 10.1. The quantitative estimate of drug-likeness (QED) is 0.284. The molecule has 0 unspecified atom stereocenters. The van der Waals surface area contributed by atoms with Crippen LogP contribution in [0.15, 0.2) is 12.7 Å². The molecule has 0 spiro atoms. The summed E-state index contributed by atoms with van der Waals surface area (Å²) in [6.07, 6.45) is 11.8. The van der Waals surface area contributed by atoms with Gasteiger partial charge in [0.2, 0.25) is 0 Å². The summed E-state index contributed by atoms with van der Waals surface area (Å²) in [6.45, 7) is 6.60. The molecule has 0 aliphatic carbocycles. The molecule has 18 heavy (non-hydrogen) atoms. The Hall–Kier alpha value is -0.990. The summed E-state index contributed by atoms with van der Waals surface area (Å²) >= 11 is 0. The molecule has 106 valence electrons. The summed E-state index contributed by atoms with van der Waals surface area (Å²) in [5.41, 5.74) is 0. The molecular weight excluding hydrogens is 228 g/mol. The molecule has 3 nitrogen and oxygen atoms in total. The number of carbonyl (C=O) groups excluding carboxylic acids is 1. The molecule has 0 N–H and O–H groups in total. The topological polar surface area (TPSA) is 35.5 Å². The first kappa shape index (κ1) is 17.0. The Bertz CT molecular complexity index is 202. The predicted octanol–water partition coefficient (Wildman–Crippen LogP) is 4.86. The fourth-order valence-electron chi connectivity index (χ4n) is 1.66. The lowest BCUT2D eigenvalue weighted by atomic mass is 10.1. The number of unbranched alkanes of at least 4 members (excludes halogenated alkanes) is 7. The maximum Gasteiger partial charge on any atom is 0.508 e. The van der Waals surface area contributed by atoms with Gasteiger partial charge in [0.05, 0.1) is 13.2 Å². The SMILES string of the molecule is C=CCCCCCCCCCOC(=O)OCCC. The molecule has 0 fully saturated rings. The molecule has 0 heterocycles. The molecule has 0 atom stereocenters. The van der Waals surface area contributed by atoms with Crippen LogP contribution in [0.1, 0.15) is 64.7 Å². The van der Waals surface area contributed by atoms with E-state index in [1.54, 1.807) is 0 Å². The third-order valence-electron chi connectivity index (χ3n) is 2.70. The average molecular weight is 256 g/mol. The zero-order valence-electron chi connectivity index (χ0n) is 11.8. The second-order valence-electron chi connectivity index (χ2n) is 4.50. The molecule has 0 aromatic rings. The molecule has 0 radical (unpaired) electrons. The van der Waals surface area contributed by atoms with E-state index in [1.807, 2.05) is 13.0 Å². The Morgan fingerprint density at radius 1 is 0.944 bits per heavy atom. The van der Waals surface area contributed by atoms with Crippen molar-refractivity contribution >= 4 is 6.16 Å². The van der Waals surface area contributed by atoms with Gasteiger partial charge in [-0.25, -0.2) is 4.79 Å². The Morgan fingerprint density at radius 2 is 1.50 bits per heavy atom. The van der Waals surface area contributed by atoms with Gasteiger partial charge in [-0.1, -0.05) is 45.1 Å². The third-order valence-corrected chi connectivity index (χ3v) is 2.70. The average Bonchev–Trinajstić information content (AvgIpc) is 2.38. The standard InChI is InChI=1S/C15H28O3/c1-3-5-6-7-8-9-10-11-12-14-18-15(16)17-13-4-2/h3H,1,4-14H2,2H3. The smallest absolute Gasteiger partial charge is 0.434 e. The second kappa shape index (κ2) is 14.1. The highest BCUT2D eigenvalue weighted by Gasteiger charge is 2.01. The lowest BCUT2D eigenvalue weighted by Gasteiger charge is -2.05. The molecule has 0 rings (SSSR count). The highest BCUT2D eigenvalue weighted by Crippen LogP contribution is 2.08. The van der Waals surface area contributed by atoms with E-state index in [0.29, 0.717) is 13.2 Å². The van der Waals surface area contributed by atoms with Crippen LogP contribution in [-0.4, -0.2) is 19.4 Å². The van der Waals surface area contributed by atoms with E-state index >= 15 is 0 Å². The van der Waals surface area contributed by atoms with Crippen LogP contribution in [-0.2, 0) is 9.47 Å². The van der Waals surface area contributed by atoms with Crippen LogP contribution in [0.25, 0.3) is 0 Å². The first-order chi connectivity index (χ1) is 8.81. The zero-order chi connectivity index (χ0) is 13.5. The lowest BCUT2D eigenvalue weighted by molar-refractivity contribution is 0.0541. The molecule has 0 amide bonds. The van der Waals surface area contributed by atoms with Crippen molar-refractivity contribution < 1.29 is 14.3 Å². The predicted molar refractivity (Wildman–Crippen MR) is 74.7 cm³/mol. The first-order valence-corrected chi connectivity index (χ1v) is 7.21. The molecule has 0 aromatic heterocycles. The largest absolute Gasteiger partial charge is 0.508 e. The van der Waals surface area contributed by atoms with Crippen LogP contribution in [0.4, 0.5) is 4.79 Å². The number of allylic oxidation sites excluding steroid dienone is 1. The molecule has 0 aliphatic heterocycles. The minimum atomic E-state index is -0.527. The van der Waals surface area contributed by atoms with Crippen molar-refractivity contribution in [2.45, 2.75) is 64.7 Å². The third kappa shape index (κ3) is 13.1. The van der Waals surface area contributed by atoms with Gasteiger partial charge in [-0.3, -0.25) is 0 Å². The van der Waals surface area contributed by atoms with Crippen LogP contribution < -0.4 is 0 Å². The molecule has 0 bridgehead atoms. The molecule has 0 saturated carbocycles. The van der Waals surface area contributed by atoms with Gasteiger partial charge in [0, 0.05) is 0 Å². The Morgan fingerprint density at radius 3 is 2.11 bits per heavy atom. The summed E-state index contributed by atoms with van der Waals surface area (Å²) in [5.74, 6) is 0. The van der Waals surface area contributed by atoms with Crippen molar-refractivity contribution in [1.29, 1.82) is 0 Å². The molecule has 0 aromatic carbocycles. The Balaban J connectivity index is 3.06. The number of carbonyl (C=O) groups is 1. The van der Waals surface area contributed by atoms with Gasteiger partial charge in [-0.2, -0.15) is 0 Å². The van der Waals surface area contributed by atoms with Gasteiger partial charge in [-0.15, -0.1) is 6.58 Å². The van der Waals surface area contributed by atoms with Crippen molar-refractivity contribution in [1.82, 2.24) is 0 Å². The molecule has 0 aliphatic rings.